The summed E-state index contributed by atoms with van der Waals surface area (Å²) in [6, 6.07) is 1.55. The van der Waals surface area contributed by atoms with Crippen molar-refractivity contribution in [3.05, 3.63) is 60.9 Å². The molecule has 2 atom stereocenters. The molecular formula is C23H37N3. The number of nitrogens with zero attached hydrogens (tertiary/aromatic N) is 3. The molecule has 0 saturated heterocycles. The summed E-state index contributed by atoms with van der Waals surface area (Å²) in [6.07, 6.45) is 22.4. The third-order valence-corrected chi connectivity index (χ3v) is 5.37. The van der Waals surface area contributed by atoms with Gasteiger partial charge in [0.15, 0.2) is 0 Å². The molecule has 0 N–H and O–H groups in total. The Kier molecular flexibility index (Phi) is 7.62. The fraction of sp³-hybridized carbons (Fsp3) is 0.565. The van der Waals surface area contributed by atoms with Gasteiger partial charge in [-0.25, -0.2) is 0 Å². The highest BCUT2D eigenvalue weighted by atomic mass is 15.2. The minimum absolute atomic E-state index is 0.498. The second-order valence-electron chi connectivity index (χ2n) is 8.11. The number of rotatable bonds is 7. The van der Waals surface area contributed by atoms with Gasteiger partial charge in [0.25, 0.3) is 0 Å². The fourth-order valence-corrected chi connectivity index (χ4v) is 3.25. The van der Waals surface area contributed by atoms with Gasteiger partial charge in [-0.3, -0.25) is 0 Å². The maximum atomic E-state index is 2.36. The van der Waals surface area contributed by atoms with Crippen LogP contribution in [0.2, 0.25) is 0 Å². The van der Waals surface area contributed by atoms with Crippen LogP contribution in [0.25, 0.3) is 0 Å². The van der Waals surface area contributed by atoms with E-state index in [9.17, 15) is 0 Å². The molecule has 26 heavy (non-hydrogen) atoms. The zero-order chi connectivity index (χ0) is 19.1. The summed E-state index contributed by atoms with van der Waals surface area (Å²) in [4.78, 5) is 6.97. The van der Waals surface area contributed by atoms with Gasteiger partial charge in [-0.15, -0.1) is 0 Å². The molecule has 0 radical (unpaired) electrons. The van der Waals surface area contributed by atoms with Crippen LogP contribution in [0.4, 0.5) is 0 Å². The highest BCUT2D eigenvalue weighted by molar-refractivity contribution is 5.28. The summed E-state index contributed by atoms with van der Waals surface area (Å²) >= 11 is 0. The van der Waals surface area contributed by atoms with Crippen molar-refractivity contribution in [1.82, 2.24) is 14.7 Å². The van der Waals surface area contributed by atoms with Gasteiger partial charge in [0.05, 0.1) is 0 Å². The first-order valence-electron chi connectivity index (χ1n) is 10.1. The van der Waals surface area contributed by atoms with Crippen molar-refractivity contribution in [1.29, 1.82) is 0 Å². The molecule has 0 aromatic rings. The average Bonchev–Trinajstić information content (AvgIpc) is 3.00. The van der Waals surface area contributed by atoms with E-state index in [4.69, 9.17) is 0 Å². The zero-order valence-electron chi connectivity index (χ0n) is 17.5. The van der Waals surface area contributed by atoms with Crippen molar-refractivity contribution in [3.63, 3.8) is 0 Å². The third kappa shape index (κ3) is 5.82. The maximum Gasteiger partial charge on any atom is 0.0374 e. The predicted molar refractivity (Wildman–Crippen MR) is 113 cm³/mol. The number of hydrogen-bond donors (Lipinski definition) is 0. The van der Waals surface area contributed by atoms with Gasteiger partial charge in [-0.05, 0) is 77.2 Å². The van der Waals surface area contributed by atoms with E-state index >= 15 is 0 Å². The minimum atomic E-state index is 0.498. The van der Waals surface area contributed by atoms with Crippen molar-refractivity contribution < 1.29 is 0 Å². The molecule has 0 spiro atoms. The van der Waals surface area contributed by atoms with E-state index in [1.54, 1.807) is 0 Å². The van der Waals surface area contributed by atoms with E-state index in [2.05, 4.69) is 112 Å². The summed E-state index contributed by atoms with van der Waals surface area (Å²) in [5.41, 5.74) is 1.42. The molecule has 2 rings (SSSR count). The Bertz CT molecular complexity index is 580. The lowest BCUT2D eigenvalue weighted by atomic mass is 9.93. The second kappa shape index (κ2) is 9.70. The van der Waals surface area contributed by atoms with E-state index in [1.165, 1.54) is 18.4 Å². The lowest BCUT2D eigenvalue weighted by molar-refractivity contribution is 0.329. The van der Waals surface area contributed by atoms with E-state index in [0.717, 1.165) is 6.54 Å². The standard InChI is InChI=1S/C23H37N3/c1-19(2)24-13-7-9-23(12-16-24)21(5)10-11-22(6)26-15-8-14-25(17-18-26)20(3)4/h7-9,12-13,15-22H,10-11,14H2,1-6H3. The molecule has 0 aromatic carbocycles. The molecule has 3 heteroatoms. The van der Waals surface area contributed by atoms with Crippen LogP contribution in [-0.4, -0.2) is 39.4 Å². The summed E-state index contributed by atoms with van der Waals surface area (Å²) in [5, 5.41) is 0. The molecule has 0 aliphatic carbocycles. The van der Waals surface area contributed by atoms with Crippen molar-refractivity contribution in [3.8, 4) is 0 Å². The molecule has 2 aliphatic rings. The van der Waals surface area contributed by atoms with Gasteiger partial charge in [0.2, 0.25) is 0 Å². The van der Waals surface area contributed by atoms with Gasteiger partial charge in [-0.2, -0.15) is 0 Å². The molecule has 0 saturated carbocycles. The van der Waals surface area contributed by atoms with Gasteiger partial charge in [0, 0.05) is 55.7 Å². The van der Waals surface area contributed by atoms with E-state index < -0.39 is 0 Å². The Morgan fingerprint density at radius 1 is 0.808 bits per heavy atom. The van der Waals surface area contributed by atoms with Crippen LogP contribution in [0, 0.1) is 5.92 Å². The highest BCUT2D eigenvalue weighted by Crippen LogP contribution is 2.23. The summed E-state index contributed by atoms with van der Waals surface area (Å²) < 4.78 is 0. The largest absolute Gasteiger partial charge is 0.370 e. The first kappa shape index (κ1) is 20.4. The molecule has 0 amide bonds. The van der Waals surface area contributed by atoms with E-state index in [0.29, 0.717) is 24.0 Å². The average molecular weight is 356 g/mol. The first-order chi connectivity index (χ1) is 12.4. The van der Waals surface area contributed by atoms with E-state index in [-0.39, 0.29) is 0 Å². The molecule has 3 nitrogen and oxygen atoms in total. The molecular weight excluding hydrogens is 318 g/mol. The summed E-state index contributed by atoms with van der Waals surface area (Å²) in [6.45, 7) is 14.6. The molecule has 0 fully saturated rings. The molecule has 0 aromatic heterocycles. The summed E-state index contributed by atoms with van der Waals surface area (Å²) in [5.74, 6) is 0.567. The van der Waals surface area contributed by atoms with Crippen molar-refractivity contribution >= 4 is 0 Å². The Balaban J connectivity index is 1.88. The van der Waals surface area contributed by atoms with Crippen LogP contribution < -0.4 is 0 Å². The van der Waals surface area contributed by atoms with Crippen molar-refractivity contribution in [2.45, 2.75) is 72.5 Å². The molecule has 2 aliphatic heterocycles. The van der Waals surface area contributed by atoms with Gasteiger partial charge in [-0.1, -0.05) is 13.0 Å². The van der Waals surface area contributed by atoms with Crippen molar-refractivity contribution in [2.75, 3.05) is 6.54 Å². The predicted octanol–water partition coefficient (Wildman–Crippen LogP) is 5.48. The SMILES string of the molecule is CC(CCC(C)N1C=CCN(C(C)C)C=C1)C1=CC=CN(C(C)C)C=C1. The van der Waals surface area contributed by atoms with Crippen LogP contribution in [0.15, 0.2) is 60.9 Å². The quantitative estimate of drug-likeness (QED) is 0.599. The van der Waals surface area contributed by atoms with Gasteiger partial charge < -0.3 is 14.7 Å². The maximum absolute atomic E-state index is 2.36. The van der Waals surface area contributed by atoms with Gasteiger partial charge in [0.1, 0.15) is 0 Å². The zero-order valence-corrected chi connectivity index (χ0v) is 17.5. The number of allylic oxidation sites excluding steroid dienone is 4. The Hall–Kier alpha value is -1.90. The normalized spacial score (nSPS) is 19.8. The second-order valence-corrected chi connectivity index (χ2v) is 8.11. The molecule has 2 heterocycles. The van der Waals surface area contributed by atoms with Crippen molar-refractivity contribution in [2.24, 2.45) is 5.92 Å². The Morgan fingerprint density at radius 3 is 2.27 bits per heavy atom. The lowest BCUT2D eigenvalue weighted by Gasteiger charge is -2.26. The topological polar surface area (TPSA) is 9.72 Å². The van der Waals surface area contributed by atoms with Crippen LogP contribution >= 0.6 is 0 Å². The smallest absolute Gasteiger partial charge is 0.0374 e. The Morgan fingerprint density at radius 2 is 1.58 bits per heavy atom. The monoisotopic (exact) mass is 355 g/mol. The van der Waals surface area contributed by atoms with Crippen LogP contribution in [-0.2, 0) is 0 Å². The van der Waals surface area contributed by atoms with Crippen LogP contribution in [0.1, 0.15) is 54.4 Å². The molecule has 2 unspecified atom stereocenters. The lowest BCUT2D eigenvalue weighted by Crippen LogP contribution is -2.25. The third-order valence-electron chi connectivity index (χ3n) is 5.37. The number of hydrogen-bond acceptors (Lipinski definition) is 3. The first-order valence-corrected chi connectivity index (χ1v) is 10.1. The minimum Gasteiger partial charge on any atom is -0.370 e. The molecule has 144 valence electrons. The molecule has 0 bridgehead atoms. The summed E-state index contributed by atoms with van der Waals surface area (Å²) in [7, 11) is 0. The van der Waals surface area contributed by atoms with E-state index in [1.807, 2.05) is 0 Å². The fourth-order valence-electron chi connectivity index (χ4n) is 3.25. The van der Waals surface area contributed by atoms with Gasteiger partial charge >= 0.3 is 0 Å². The van der Waals surface area contributed by atoms with Crippen LogP contribution in [0.5, 0.6) is 0 Å². The Labute approximate surface area is 161 Å². The van der Waals surface area contributed by atoms with Crippen LogP contribution in [0.3, 0.4) is 0 Å². The highest BCUT2D eigenvalue weighted by Gasteiger charge is 2.15.